The van der Waals surface area contributed by atoms with Gasteiger partial charge in [0.15, 0.2) is 0 Å². The van der Waals surface area contributed by atoms with Crippen molar-refractivity contribution in [3.05, 3.63) is 29.8 Å². The number of carbonyl (C=O) groups is 5. The highest BCUT2D eigenvalue weighted by Crippen LogP contribution is 2.18. The van der Waals surface area contributed by atoms with Crippen LogP contribution in [0.1, 0.15) is 50.4 Å². The zero-order chi connectivity index (χ0) is 25.4. The molecule has 1 saturated heterocycles. The molecular weight excluding hydrogens is 444 g/mol. The second-order valence-corrected chi connectivity index (χ2v) is 8.73. The van der Waals surface area contributed by atoms with Crippen LogP contribution in [0.15, 0.2) is 24.3 Å². The number of carboxylic acid groups (broad SMARTS) is 1. The Bertz CT molecular complexity index is 916. The van der Waals surface area contributed by atoms with E-state index in [-0.39, 0.29) is 23.8 Å². The van der Waals surface area contributed by atoms with Crippen LogP contribution in [-0.4, -0.2) is 75.9 Å². The monoisotopic (exact) mass is 476 g/mol. The molecule has 1 aliphatic rings. The van der Waals surface area contributed by atoms with E-state index in [0.717, 1.165) is 0 Å². The molecule has 0 unspecified atom stereocenters. The first-order valence-electron chi connectivity index (χ1n) is 11.2. The standard InChI is InChI=1S/C23H32N4O7/c1-13(2)11-17(21(31)25-14(3)23(33)34)26-22(32)18-5-4-10-27(18)19(29)12-24-20(30)15-6-8-16(28)9-7-15/h6-9,13-14,17-18,28H,4-5,10-12H2,1-3H3,(H,24,30)(H,25,31)(H,26,32)(H,33,34)/t14-,17-,18+/m1/s1. The maximum Gasteiger partial charge on any atom is 0.325 e. The Hall–Kier alpha value is -3.63. The highest BCUT2D eigenvalue weighted by atomic mass is 16.4. The van der Waals surface area contributed by atoms with Gasteiger partial charge in [0.2, 0.25) is 17.7 Å². The SMILES string of the molecule is CC(C)C[C@@H](NC(=O)[C@@H]1CCCN1C(=O)CNC(=O)c1ccc(O)cc1)C(=O)N[C@H](C)C(=O)O. The molecule has 4 amide bonds. The van der Waals surface area contributed by atoms with Gasteiger partial charge in [-0.1, -0.05) is 13.8 Å². The lowest BCUT2D eigenvalue weighted by Gasteiger charge is -2.27. The fourth-order valence-corrected chi connectivity index (χ4v) is 3.66. The maximum atomic E-state index is 13.0. The van der Waals surface area contributed by atoms with E-state index < -0.39 is 47.7 Å². The number of nitrogens with one attached hydrogen (secondary N) is 3. The van der Waals surface area contributed by atoms with Crippen LogP contribution >= 0.6 is 0 Å². The van der Waals surface area contributed by atoms with Gasteiger partial charge in [-0.25, -0.2) is 0 Å². The van der Waals surface area contributed by atoms with E-state index in [9.17, 15) is 29.1 Å². The summed E-state index contributed by atoms with van der Waals surface area (Å²) in [5.41, 5.74) is 0.277. The Balaban J connectivity index is 1.99. The highest BCUT2D eigenvalue weighted by Gasteiger charge is 2.36. The van der Waals surface area contributed by atoms with Crippen molar-refractivity contribution in [2.75, 3.05) is 13.1 Å². The number of benzene rings is 1. The minimum Gasteiger partial charge on any atom is -0.508 e. The molecule has 0 aliphatic carbocycles. The van der Waals surface area contributed by atoms with Crippen LogP contribution in [0.2, 0.25) is 0 Å². The predicted octanol–water partition coefficient (Wildman–Crippen LogP) is 0.233. The summed E-state index contributed by atoms with van der Waals surface area (Å²) in [6, 6.07) is 2.72. The zero-order valence-corrected chi connectivity index (χ0v) is 19.5. The summed E-state index contributed by atoms with van der Waals surface area (Å²) in [6.45, 7) is 5.10. The normalized spacial score (nSPS) is 17.1. The van der Waals surface area contributed by atoms with Crippen molar-refractivity contribution in [1.29, 1.82) is 0 Å². The number of carboxylic acids is 1. The first-order valence-corrected chi connectivity index (χ1v) is 11.2. The molecule has 2 rings (SSSR count). The number of likely N-dealkylation sites (tertiary alicyclic amines) is 1. The summed E-state index contributed by atoms with van der Waals surface area (Å²) >= 11 is 0. The number of nitrogens with zero attached hydrogens (tertiary/aromatic N) is 1. The summed E-state index contributed by atoms with van der Waals surface area (Å²) < 4.78 is 0. The summed E-state index contributed by atoms with van der Waals surface area (Å²) in [7, 11) is 0. The largest absolute Gasteiger partial charge is 0.508 e. The number of rotatable bonds is 10. The molecule has 0 radical (unpaired) electrons. The zero-order valence-electron chi connectivity index (χ0n) is 19.5. The Kier molecular flexibility index (Phi) is 9.40. The van der Waals surface area contributed by atoms with Gasteiger partial charge >= 0.3 is 5.97 Å². The smallest absolute Gasteiger partial charge is 0.325 e. The highest BCUT2D eigenvalue weighted by molar-refractivity contribution is 5.98. The van der Waals surface area contributed by atoms with E-state index in [4.69, 9.17) is 5.11 Å². The molecule has 1 aliphatic heterocycles. The average Bonchev–Trinajstić information content (AvgIpc) is 3.27. The quantitative estimate of drug-likeness (QED) is 0.322. The number of amides is 4. The third-order valence-electron chi connectivity index (χ3n) is 5.47. The van der Waals surface area contributed by atoms with E-state index in [1.54, 1.807) is 0 Å². The van der Waals surface area contributed by atoms with E-state index in [1.165, 1.54) is 36.1 Å². The minimum absolute atomic E-state index is 0.0143. The van der Waals surface area contributed by atoms with Crippen molar-refractivity contribution in [3.8, 4) is 5.75 Å². The number of phenols is 1. The first-order chi connectivity index (χ1) is 16.0. The fraction of sp³-hybridized carbons (Fsp3) is 0.522. The van der Waals surface area contributed by atoms with Crippen molar-refractivity contribution < 1.29 is 34.2 Å². The topological polar surface area (TPSA) is 165 Å². The van der Waals surface area contributed by atoms with Crippen molar-refractivity contribution in [2.24, 2.45) is 5.92 Å². The summed E-state index contributed by atoms with van der Waals surface area (Å²) in [4.78, 5) is 62.9. The summed E-state index contributed by atoms with van der Waals surface area (Å²) in [5, 5.41) is 25.9. The number of aliphatic carboxylic acids is 1. The molecule has 1 aromatic rings. The van der Waals surface area contributed by atoms with Crippen molar-refractivity contribution >= 4 is 29.6 Å². The van der Waals surface area contributed by atoms with Gasteiger partial charge in [-0.05, 0) is 56.4 Å². The molecule has 1 heterocycles. The first kappa shape index (κ1) is 26.6. The minimum atomic E-state index is -1.19. The Morgan fingerprint density at radius 1 is 1.06 bits per heavy atom. The molecule has 186 valence electrons. The molecule has 1 aromatic carbocycles. The molecule has 1 fully saturated rings. The Morgan fingerprint density at radius 2 is 1.71 bits per heavy atom. The molecule has 11 nitrogen and oxygen atoms in total. The fourth-order valence-electron chi connectivity index (χ4n) is 3.66. The van der Waals surface area contributed by atoms with Gasteiger partial charge in [0.05, 0.1) is 6.54 Å². The van der Waals surface area contributed by atoms with Gasteiger partial charge in [-0.15, -0.1) is 0 Å². The molecule has 34 heavy (non-hydrogen) atoms. The van der Waals surface area contributed by atoms with Crippen LogP contribution in [0, 0.1) is 5.92 Å². The molecule has 3 atom stereocenters. The molecule has 0 aromatic heterocycles. The van der Waals surface area contributed by atoms with Gasteiger partial charge in [0.1, 0.15) is 23.9 Å². The van der Waals surface area contributed by atoms with Crippen molar-refractivity contribution in [3.63, 3.8) is 0 Å². The van der Waals surface area contributed by atoms with Crippen molar-refractivity contribution in [1.82, 2.24) is 20.9 Å². The second kappa shape index (κ2) is 12.0. The van der Waals surface area contributed by atoms with E-state index >= 15 is 0 Å². The van der Waals surface area contributed by atoms with Gasteiger partial charge in [-0.3, -0.25) is 24.0 Å². The predicted molar refractivity (Wildman–Crippen MR) is 122 cm³/mol. The van der Waals surface area contributed by atoms with Crippen LogP contribution in [-0.2, 0) is 19.2 Å². The van der Waals surface area contributed by atoms with Gasteiger partial charge in [0, 0.05) is 12.1 Å². The molecule has 0 bridgehead atoms. The third-order valence-corrected chi connectivity index (χ3v) is 5.47. The Morgan fingerprint density at radius 3 is 2.29 bits per heavy atom. The van der Waals surface area contributed by atoms with E-state index in [0.29, 0.717) is 25.8 Å². The van der Waals surface area contributed by atoms with Crippen LogP contribution < -0.4 is 16.0 Å². The van der Waals surface area contributed by atoms with Crippen LogP contribution in [0.4, 0.5) is 0 Å². The molecule has 5 N–H and O–H groups in total. The van der Waals surface area contributed by atoms with Gasteiger partial charge < -0.3 is 31.1 Å². The van der Waals surface area contributed by atoms with Crippen LogP contribution in [0.5, 0.6) is 5.75 Å². The lowest BCUT2D eigenvalue weighted by molar-refractivity contribution is -0.142. The summed E-state index contributed by atoms with van der Waals surface area (Å²) in [5.74, 6) is -3.16. The number of carbonyl (C=O) groups excluding carboxylic acids is 4. The number of hydrogen-bond donors (Lipinski definition) is 5. The molecule has 0 spiro atoms. The van der Waals surface area contributed by atoms with E-state index in [1.807, 2.05) is 13.8 Å². The Labute approximate surface area is 197 Å². The van der Waals surface area contributed by atoms with Gasteiger partial charge in [-0.2, -0.15) is 0 Å². The van der Waals surface area contributed by atoms with Crippen LogP contribution in [0.25, 0.3) is 0 Å². The number of phenolic OH excluding ortho intramolecular Hbond substituents is 1. The number of aromatic hydroxyl groups is 1. The lowest BCUT2D eigenvalue weighted by Crippen LogP contribution is -2.55. The van der Waals surface area contributed by atoms with E-state index in [2.05, 4.69) is 16.0 Å². The number of hydrogen-bond acceptors (Lipinski definition) is 6. The molecule has 0 saturated carbocycles. The second-order valence-electron chi connectivity index (χ2n) is 8.73. The van der Waals surface area contributed by atoms with Crippen molar-refractivity contribution in [2.45, 2.75) is 58.2 Å². The molecule has 11 heteroatoms. The average molecular weight is 477 g/mol. The van der Waals surface area contributed by atoms with Gasteiger partial charge in [0.25, 0.3) is 5.91 Å². The maximum absolute atomic E-state index is 13.0. The summed E-state index contributed by atoms with van der Waals surface area (Å²) in [6.07, 6.45) is 1.30. The van der Waals surface area contributed by atoms with Crippen LogP contribution in [0.3, 0.4) is 0 Å². The third kappa shape index (κ3) is 7.46. The lowest BCUT2D eigenvalue weighted by atomic mass is 10.0. The molecular formula is C23H32N4O7.